The number of rotatable bonds is 13. The van der Waals surface area contributed by atoms with E-state index in [2.05, 4.69) is 11.5 Å². The van der Waals surface area contributed by atoms with Crippen LogP contribution in [0.1, 0.15) is 17.0 Å². The number of halogens is 1. The van der Waals surface area contributed by atoms with E-state index in [1.165, 1.54) is 0 Å². The minimum absolute atomic E-state index is 0.205. The third kappa shape index (κ3) is 6.86. The molecule has 1 atom stereocenters. The van der Waals surface area contributed by atoms with Gasteiger partial charge >= 0.3 is 0 Å². The van der Waals surface area contributed by atoms with Crippen LogP contribution < -0.4 is 4.74 Å². The fourth-order valence-electron chi connectivity index (χ4n) is 3.85. The van der Waals surface area contributed by atoms with Gasteiger partial charge in [0, 0.05) is 18.1 Å². The predicted molar refractivity (Wildman–Crippen MR) is 140 cm³/mol. The lowest BCUT2D eigenvalue weighted by atomic mass is 10.2. The Morgan fingerprint density at radius 1 is 1.11 bits per heavy atom. The second-order valence-electron chi connectivity index (χ2n) is 8.40. The van der Waals surface area contributed by atoms with Gasteiger partial charge in [0.15, 0.2) is 0 Å². The van der Waals surface area contributed by atoms with Crippen LogP contribution in [0, 0.1) is 6.92 Å². The molecule has 0 fully saturated rings. The second kappa shape index (κ2) is 12.6. The molecule has 0 bridgehead atoms. The molecular formula is C28H30ClN3O4. The number of aliphatic hydroxyl groups excluding tert-OH is 1. The molecule has 2 aromatic heterocycles. The van der Waals surface area contributed by atoms with Crippen molar-refractivity contribution < 1.29 is 19.0 Å². The minimum Gasteiger partial charge on any atom is -0.468 e. The Hall–Kier alpha value is -3.36. The average molecular weight is 508 g/mol. The molecule has 36 heavy (non-hydrogen) atoms. The van der Waals surface area contributed by atoms with Gasteiger partial charge in [-0.05, 0) is 55.5 Å². The molecule has 8 heteroatoms. The molecule has 2 aromatic carbocycles. The molecular weight excluding hydrogens is 478 g/mol. The standard InChI is InChI=1S/C28H30ClN3O4/c1-3-15-34-20-24(33)17-31(18-26-10-7-16-35-26)19-27-21(2)30-32(23-8-5-4-6-9-23)28(27)36-25-13-11-22(29)12-14-25/h3-14,16,24,33H,1,15,17-20H2,2H3. The molecule has 188 valence electrons. The Bertz CT molecular complexity index is 1220. The van der Waals surface area contributed by atoms with Gasteiger partial charge in [0.2, 0.25) is 5.88 Å². The Kier molecular flexibility index (Phi) is 8.97. The van der Waals surface area contributed by atoms with E-state index in [9.17, 15) is 5.11 Å². The van der Waals surface area contributed by atoms with Gasteiger partial charge in [0.1, 0.15) is 11.5 Å². The van der Waals surface area contributed by atoms with Gasteiger partial charge in [-0.25, -0.2) is 4.68 Å². The number of hydrogen-bond donors (Lipinski definition) is 1. The Morgan fingerprint density at radius 2 is 1.89 bits per heavy atom. The summed E-state index contributed by atoms with van der Waals surface area (Å²) < 4.78 is 19.2. The van der Waals surface area contributed by atoms with Crippen molar-refractivity contribution in [2.75, 3.05) is 19.8 Å². The number of hydrogen-bond acceptors (Lipinski definition) is 6. The largest absolute Gasteiger partial charge is 0.468 e. The number of aromatic nitrogens is 2. The normalized spacial score (nSPS) is 12.1. The number of para-hydroxylation sites is 1. The van der Waals surface area contributed by atoms with Gasteiger partial charge in [0.05, 0.1) is 49.1 Å². The second-order valence-corrected chi connectivity index (χ2v) is 8.84. The fourth-order valence-corrected chi connectivity index (χ4v) is 3.98. The fraction of sp³-hybridized carbons (Fsp3) is 0.250. The summed E-state index contributed by atoms with van der Waals surface area (Å²) in [5, 5.41) is 16.1. The highest BCUT2D eigenvalue weighted by Gasteiger charge is 2.23. The number of benzene rings is 2. The third-order valence-corrected chi connectivity index (χ3v) is 5.77. The van der Waals surface area contributed by atoms with Crippen LogP contribution in [0.5, 0.6) is 11.6 Å². The topological polar surface area (TPSA) is 72.9 Å². The zero-order valence-corrected chi connectivity index (χ0v) is 21.0. The van der Waals surface area contributed by atoms with E-state index in [1.54, 1.807) is 29.2 Å². The van der Waals surface area contributed by atoms with Gasteiger partial charge in [0.25, 0.3) is 0 Å². The molecule has 0 radical (unpaired) electrons. The van der Waals surface area contributed by atoms with E-state index in [-0.39, 0.29) is 6.61 Å². The van der Waals surface area contributed by atoms with Crippen molar-refractivity contribution in [3.05, 3.63) is 108 Å². The molecule has 4 aromatic rings. The Labute approximate surface area is 216 Å². The van der Waals surface area contributed by atoms with Gasteiger partial charge in [-0.1, -0.05) is 35.9 Å². The van der Waals surface area contributed by atoms with E-state index in [4.69, 9.17) is 30.6 Å². The first kappa shape index (κ1) is 25.7. The van der Waals surface area contributed by atoms with Crippen LogP contribution >= 0.6 is 11.6 Å². The summed E-state index contributed by atoms with van der Waals surface area (Å²) in [6.45, 7) is 7.54. The number of ether oxygens (including phenoxy) is 2. The first-order chi connectivity index (χ1) is 17.5. The molecule has 0 saturated carbocycles. The molecule has 1 N–H and O–H groups in total. The lowest BCUT2D eigenvalue weighted by Gasteiger charge is -2.24. The minimum atomic E-state index is -0.690. The van der Waals surface area contributed by atoms with E-state index < -0.39 is 6.10 Å². The van der Waals surface area contributed by atoms with E-state index in [0.29, 0.717) is 42.9 Å². The first-order valence-corrected chi connectivity index (χ1v) is 12.1. The van der Waals surface area contributed by atoms with Crippen LogP contribution in [0.15, 0.2) is 90.1 Å². The predicted octanol–water partition coefficient (Wildman–Crippen LogP) is 5.79. The molecule has 0 spiro atoms. The smallest absolute Gasteiger partial charge is 0.227 e. The number of aliphatic hydroxyl groups is 1. The van der Waals surface area contributed by atoms with E-state index in [1.807, 2.05) is 61.5 Å². The monoisotopic (exact) mass is 507 g/mol. The molecule has 0 aliphatic rings. The van der Waals surface area contributed by atoms with Gasteiger partial charge < -0.3 is 19.0 Å². The average Bonchev–Trinajstić information content (AvgIpc) is 3.49. The quantitative estimate of drug-likeness (QED) is 0.182. The van der Waals surface area contributed by atoms with E-state index >= 15 is 0 Å². The molecule has 0 aliphatic carbocycles. The maximum Gasteiger partial charge on any atom is 0.227 e. The van der Waals surface area contributed by atoms with Crippen molar-refractivity contribution >= 4 is 11.6 Å². The van der Waals surface area contributed by atoms with Crippen molar-refractivity contribution in [1.82, 2.24) is 14.7 Å². The van der Waals surface area contributed by atoms with Crippen molar-refractivity contribution in [1.29, 1.82) is 0 Å². The summed E-state index contributed by atoms with van der Waals surface area (Å²) in [6, 6.07) is 20.8. The van der Waals surface area contributed by atoms with Crippen molar-refractivity contribution in [3.63, 3.8) is 0 Å². The Morgan fingerprint density at radius 3 is 2.58 bits per heavy atom. The van der Waals surface area contributed by atoms with E-state index in [0.717, 1.165) is 22.7 Å². The summed E-state index contributed by atoms with van der Waals surface area (Å²) >= 11 is 6.08. The summed E-state index contributed by atoms with van der Waals surface area (Å²) in [5.41, 5.74) is 2.61. The van der Waals surface area contributed by atoms with Crippen LogP contribution in [-0.2, 0) is 17.8 Å². The number of furan rings is 1. The third-order valence-electron chi connectivity index (χ3n) is 5.52. The Balaban J connectivity index is 1.66. The molecule has 0 amide bonds. The SMILES string of the molecule is C=CCOCC(O)CN(Cc1ccco1)Cc1c(C)nn(-c2ccccc2)c1Oc1ccc(Cl)cc1. The molecule has 2 heterocycles. The molecule has 7 nitrogen and oxygen atoms in total. The van der Waals surface area contributed by atoms with Crippen LogP contribution in [0.4, 0.5) is 0 Å². The van der Waals surface area contributed by atoms with Crippen LogP contribution in [-0.4, -0.2) is 45.6 Å². The van der Waals surface area contributed by atoms with Gasteiger partial charge in [-0.15, -0.1) is 6.58 Å². The van der Waals surface area contributed by atoms with Crippen molar-refractivity contribution in [2.24, 2.45) is 0 Å². The molecule has 1 unspecified atom stereocenters. The van der Waals surface area contributed by atoms with Crippen LogP contribution in [0.3, 0.4) is 0 Å². The van der Waals surface area contributed by atoms with Crippen LogP contribution in [0.2, 0.25) is 5.02 Å². The molecule has 0 aliphatic heterocycles. The summed E-state index contributed by atoms with van der Waals surface area (Å²) in [5.74, 6) is 2.04. The first-order valence-electron chi connectivity index (χ1n) is 11.7. The van der Waals surface area contributed by atoms with Crippen LogP contribution in [0.25, 0.3) is 5.69 Å². The lowest BCUT2D eigenvalue weighted by Crippen LogP contribution is -2.34. The van der Waals surface area contributed by atoms with Crippen molar-refractivity contribution in [2.45, 2.75) is 26.1 Å². The van der Waals surface area contributed by atoms with Gasteiger partial charge in [-0.3, -0.25) is 4.90 Å². The maximum absolute atomic E-state index is 10.6. The number of nitrogens with zero attached hydrogens (tertiary/aromatic N) is 3. The molecule has 0 saturated heterocycles. The summed E-state index contributed by atoms with van der Waals surface area (Å²) in [4.78, 5) is 2.09. The highest BCUT2D eigenvalue weighted by Crippen LogP contribution is 2.32. The van der Waals surface area contributed by atoms with Gasteiger partial charge in [-0.2, -0.15) is 5.10 Å². The number of aryl methyl sites for hydroxylation is 1. The lowest BCUT2D eigenvalue weighted by molar-refractivity contribution is 0.0214. The summed E-state index contributed by atoms with van der Waals surface area (Å²) in [7, 11) is 0. The molecule has 4 rings (SSSR count). The highest BCUT2D eigenvalue weighted by atomic mass is 35.5. The highest BCUT2D eigenvalue weighted by molar-refractivity contribution is 6.30. The summed E-state index contributed by atoms with van der Waals surface area (Å²) in [6.07, 6.45) is 2.62. The zero-order valence-electron chi connectivity index (χ0n) is 20.2. The maximum atomic E-state index is 10.6. The van der Waals surface area contributed by atoms with Crippen molar-refractivity contribution in [3.8, 4) is 17.3 Å². The zero-order chi connectivity index (χ0) is 25.3.